The third-order valence-electron chi connectivity index (χ3n) is 7.11. The van der Waals surface area contributed by atoms with E-state index in [2.05, 4.69) is 28.4 Å². The average molecular weight is 471 g/mol. The van der Waals surface area contributed by atoms with E-state index in [1.165, 1.54) is 23.8 Å². The molecular weight excluding hydrogens is 440 g/mol. The van der Waals surface area contributed by atoms with E-state index in [0.717, 1.165) is 48.3 Å². The van der Waals surface area contributed by atoms with Crippen LogP contribution in [-0.2, 0) is 22.7 Å². The fraction of sp³-hybridized carbons (Fsp3) is 0.357. The van der Waals surface area contributed by atoms with Crippen LogP contribution in [0.25, 0.3) is 22.2 Å². The van der Waals surface area contributed by atoms with Crippen LogP contribution in [0.5, 0.6) is 0 Å². The first-order valence-corrected chi connectivity index (χ1v) is 12.3. The number of rotatable bonds is 8. The van der Waals surface area contributed by atoms with Crippen molar-refractivity contribution in [3.63, 3.8) is 0 Å². The number of hydrogen-bond donors (Lipinski definition) is 1. The number of likely N-dealkylation sites (tertiary alicyclic amines) is 1. The van der Waals surface area contributed by atoms with Gasteiger partial charge in [-0.05, 0) is 67.7 Å². The highest BCUT2D eigenvalue weighted by molar-refractivity contribution is 6.01. The second-order valence-electron chi connectivity index (χ2n) is 9.35. The van der Waals surface area contributed by atoms with Crippen LogP contribution >= 0.6 is 0 Å². The maximum atomic E-state index is 13.1. The molecule has 35 heavy (non-hydrogen) atoms. The molecule has 3 aromatic rings. The van der Waals surface area contributed by atoms with Crippen LogP contribution in [0.3, 0.4) is 0 Å². The van der Waals surface area contributed by atoms with Crippen LogP contribution in [0.15, 0.2) is 48.5 Å². The van der Waals surface area contributed by atoms with E-state index in [9.17, 15) is 14.4 Å². The van der Waals surface area contributed by atoms with Crippen molar-refractivity contribution < 1.29 is 14.4 Å². The summed E-state index contributed by atoms with van der Waals surface area (Å²) >= 11 is 0. The van der Waals surface area contributed by atoms with Gasteiger partial charge in [0, 0.05) is 43.1 Å². The third-order valence-corrected chi connectivity index (χ3v) is 7.11. The third kappa shape index (κ3) is 4.56. The van der Waals surface area contributed by atoms with E-state index in [4.69, 9.17) is 4.98 Å². The molecular formula is C28H30N4O3. The predicted octanol–water partition coefficient (Wildman–Crippen LogP) is 3.55. The Morgan fingerprint density at radius 3 is 2.71 bits per heavy atom. The van der Waals surface area contributed by atoms with E-state index in [-0.39, 0.29) is 18.2 Å². The van der Waals surface area contributed by atoms with Crippen molar-refractivity contribution in [2.24, 2.45) is 0 Å². The minimum absolute atomic E-state index is 0.174. The van der Waals surface area contributed by atoms with Gasteiger partial charge in [0.05, 0.1) is 11.2 Å². The number of carbonyl (C=O) groups excluding carboxylic acids is 3. The van der Waals surface area contributed by atoms with Gasteiger partial charge >= 0.3 is 0 Å². The zero-order valence-corrected chi connectivity index (χ0v) is 20.0. The highest BCUT2D eigenvalue weighted by atomic mass is 16.2. The number of aromatic nitrogens is 1. The first-order valence-electron chi connectivity index (χ1n) is 12.3. The molecule has 1 N–H and O–H groups in total. The number of amides is 2. The van der Waals surface area contributed by atoms with Gasteiger partial charge in [0.25, 0.3) is 5.91 Å². The van der Waals surface area contributed by atoms with E-state index < -0.39 is 6.04 Å². The first kappa shape index (κ1) is 23.2. The summed E-state index contributed by atoms with van der Waals surface area (Å²) in [5.74, 6) is -0.428. The lowest BCUT2D eigenvalue weighted by molar-refractivity contribution is -0.125. The van der Waals surface area contributed by atoms with Crippen molar-refractivity contribution in [3.05, 3.63) is 65.2 Å². The van der Waals surface area contributed by atoms with E-state index >= 15 is 0 Å². The van der Waals surface area contributed by atoms with E-state index in [1.807, 2.05) is 30.3 Å². The molecule has 2 aromatic carbocycles. The molecule has 7 nitrogen and oxygen atoms in total. The Morgan fingerprint density at radius 2 is 1.94 bits per heavy atom. The van der Waals surface area contributed by atoms with Gasteiger partial charge in [-0.1, -0.05) is 24.3 Å². The highest BCUT2D eigenvalue weighted by Crippen LogP contribution is 2.32. The van der Waals surface area contributed by atoms with Gasteiger partial charge in [-0.2, -0.15) is 0 Å². The second-order valence-corrected chi connectivity index (χ2v) is 9.35. The molecule has 2 amide bonds. The molecule has 0 aliphatic carbocycles. The molecule has 0 spiro atoms. The van der Waals surface area contributed by atoms with Crippen molar-refractivity contribution >= 4 is 29.0 Å². The number of hydrogen-bond acceptors (Lipinski definition) is 5. The number of benzene rings is 2. The molecule has 1 atom stereocenters. The molecule has 7 heteroatoms. The van der Waals surface area contributed by atoms with Gasteiger partial charge < -0.3 is 15.0 Å². The molecule has 180 valence electrons. The Kier molecular flexibility index (Phi) is 6.59. The first-order chi connectivity index (χ1) is 17.1. The Balaban J connectivity index is 1.48. The molecule has 1 fully saturated rings. The summed E-state index contributed by atoms with van der Waals surface area (Å²) < 4.78 is 0. The lowest BCUT2D eigenvalue weighted by atomic mass is 10.0. The summed E-state index contributed by atoms with van der Waals surface area (Å²) in [6.07, 6.45) is 3.81. The van der Waals surface area contributed by atoms with Crippen molar-refractivity contribution in [2.75, 3.05) is 20.1 Å². The molecule has 0 radical (unpaired) electrons. The Hall–Kier alpha value is -3.58. The molecule has 1 aromatic heterocycles. The van der Waals surface area contributed by atoms with Crippen LogP contribution in [0, 0.1) is 0 Å². The second kappa shape index (κ2) is 9.96. The Labute approximate surface area is 205 Å². The van der Waals surface area contributed by atoms with Gasteiger partial charge in [0.1, 0.15) is 12.3 Å². The van der Waals surface area contributed by atoms with Gasteiger partial charge in [0.15, 0.2) is 0 Å². The number of aldehydes is 1. The number of nitrogens with zero attached hydrogens (tertiary/aromatic N) is 3. The molecule has 0 saturated carbocycles. The summed E-state index contributed by atoms with van der Waals surface area (Å²) in [5, 5.41) is 3.80. The number of likely N-dealkylation sites (N-methyl/N-ethyl adjacent to an activating group) is 1. The minimum Gasteiger partial charge on any atom is -0.357 e. The number of fused-ring (bicyclic) bond motifs is 2. The van der Waals surface area contributed by atoms with Gasteiger partial charge in [0.2, 0.25) is 5.91 Å². The average Bonchev–Trinajstić information content (AvgIpc) is 3.51. The summed E-state index contributed by atoms with van der Waals surface area (Å²) in [6, 6.07) is 15.6. The zero-order chi connectivity index (χ0) is 24.4. The topological polar surface area (TPSA) is 82.6 Å². The van der Waals surface area contributed by atoms with E-state index in [1.54, 1.807) is 11.9 Å². The van der Waals surface area contributed by atoms with Gasteiger partial charge in [-0.15, -0.1) is 0 Å². The largest absolute Gasteiger partial charge is 0.357 e. The Bertz CT molecular complexity index is 1280. The maximum absolute atomic E-state index is 13.1. The summed E-state index contributed by atoms with van der Waals surface area (Å²) in [5.41, 5.74) is 5.55. The highest BCUT2D eigenvalue weighted by Gasteiger charge is 2.36. The molecule has 3 heterocycles. The number of pyridine rings is 1. The fourth-order valence-corrected chi connectivity index (χ4v) is 5.28. The number of para-hydroxylation sites is 1. The van der Waals surface area contributed by atoms with Crippen LogP contribution in [0.2, 0.25) is 0 Å². The minimum atomic E-state index is -0.667. The fourth-order valence-electron chi connectivity index (χ4n) is 5.28. The summed E-state index contributed by atoms with van der Waals surface area (Å²) in [7, 11) is 1.55. The normalized spacial score (nSPS) is 16.5. The lowest BCUT2D eigenvalue weighted by Gasteiger charge is -2.25. The number of nitrogens with one attached hydrogen (secondary N) is 1. The van der Waals surface area contributed by atoms with Gasteiger partial charge in [-0.3, -0.25) is 14.5 Å². The Morgan fingerprint density at radius 1 is 1.14 bits per heavy atom. The van der Waals surface area contributed by atoms with Crippen LogP contribution < -0.4 is 5.32 Å². The van der Waals surface area contributed by atoms with Crippen LogP contribution in [0.4, 0.5) is 0 Å². The molecule has 2 aliphatic rings. The molecule has 5 rings (SSSR count). The SMILES string of the molecule is CNC(=O)C(CCC=O)N1Cc2cc(-c3cc(CN4CCCC4)c4ccccc4n3)ccc2C1=O. The van der Waals surface area contributed by atoms with E-state index in [0.29, 0.717) is 18.5 Å². The smallest absolute Gasteiger partial charge is 0.255 e. The summed E-state index contributed by atoms with van der Waals surface area (Å²) in [6.45, 7) is 3.49. The van der Waals surface area contributed by atoms with Crippen LogP contribution in [-0.4, -0.2) is 59.1 Å². The van der Waals surface area contributed by atoms with Crippen molar-refractivity contribution in [1.82, 2.24) is 20.1 Å². The summed E-state index contributed by atoms with van der Waals surface area (Å²) in [4.78, 5) is 45.5. The predicted molar refractivity (Wildman–Crippen MR) is 135 cm³/mol. The van der Waals surface area contributed by atoms with Crippen molar-refractivity contribution in [1.29, 1.82) is 0 Å². The monoisotopic (exact) mass is 470 g/mol. The molecule has 1 unspecified atom stereocenters. The quantitative estimate of drug-likeness (QED) is 0.509. The zero-order valence-electron chi connectivity index (χ0n) is 20.0. The van der Waals surface area contributed by atoms with Crippen molar-refractivity contribution in [3.8, 4) is 11.3 Å². The van der Waals surface area contributed by atoms with Crippen molar-refractivity contribution in [2.45, 2.75) is 44.8 Å². The maximum Gasteiger partial charge on any atom is 0.255 e. The van der Waals surface area contributed by atoms with Gasteiger partial charge in [-0.25, -0.2) is 4.98 Å². The standard InChI is InChI=1S/C28H30N4O3/c1-29-27(34)26(9-6-14-33)32-18-20-15-19(10-11-23(20)28(32)35)25-16-21(17-31-12-4-5-13-31)22-7-2-3-8-24(22)30-25/h2-3,7-8,10-11,14-16,26H,4-6,9,12-13,17-18H2,1H3,(H,29,34). The number of carbonyl (C=O) groups is 3. The lowest BCUT2D eigenvalue weighted by Crippen LogP contribution is -2.46. The van der Waals surface area contributed by atoms with Crippen LogP contribution in [0.1, 0.15) is 47.2 Å². The molecule has 0 bridgehead atoms. The molecule has 2 aliphatic heterocycles. The molecule has 1 saturated heterocycles.